The second-order valence-electron chi connectivity index (χ2n) is 2.53. The van der Waals surface area contributed by atoms with Crippen LogP contribution in [0.25, 0.3) is 21.3 Å². The Labute approximate surface area is 125 Å². The second kappa shape index (κ2) is 54.7. The molecule has 0 aromatic rings. The van der Waals surface area contributed by atoms with Gasteiger partial charge >= 0.3 is 21.7 Å². The average molecular weight is 280 g/mol. The van der Waals surface area contributed by atoms with Crippen LogP contribution in [0.1, 0.15) is 27.7 Å². The predicted octanol–water partition coefficient (Wildman–Crippen LogP) is 4.04. The SMILES string of the molecule is CC[N-]C.CC[N-]C.CC[N-]C.CC[N-]C.[Ti+4]. The van der Waals surface area contributed by atoms with Gasteiger partial charge in [-0.1, -0.05) is 27.7 Å². The molecule has 0 aliphatic carbocycles. The summed E-state index contributed by atoms with van der Waals surface area (Å²) in [5.41, 5.74) is 0. The number of hydrogen-bond donors (Lipinski definition) is 0. The van der Waals surface area contributed by atoms with Crippen molar-refractivity contribution in [3.05, 3.63) is 21.3 Å². The zero-order valence-electron chi connectivity index (χ0n) is 13.1. The minimum absolute atomic E-state index is 0. The van der Waals surface area contributed by atoms with Gasteiger partial charge in [-0.2, -0.15) is 54.4 Å². The smallest absolute Gasteiger partial charge is 0.665 e. The van der Waals surface area contributed by atoms with Crippen LogP contribution >= 0.6 is 0 Å². The van der Waals surface area contributed by atoms with E-state index in [4.69, 9.17) is 0 Å². The van der Waals surface area contributed by atoms with Gasteiger partial charge in [0.1, 0.15) is 0 Å². The largest absolute Gasteiger partial charge is 4.00 e. The molecule has 0 aromatic carbocycles. The molecule has 0 bridgehead atoms. The van der Waals surface area contributed by atoms with Crippen LogP contribution in [0.2, 0.25) is 0 Å². The maximum Gasteiger partial charge on any atom is 4.00 e. The standard InChI is InChI=1S/4C3H8N.Ti/c4*1-3-4-2;/h4*3H2,1-2H3;/q4*-1;+4. The van der Waals surface area contributed by atoms with E-state index in [1.54, 1.807) is 28.2 Å². The third-order valence-corrected chi connectivity index (χ3v) is 1.26. The molecule has 0 unspecified atom stereocenters. The topological polar surface area (TPSA) is 56.4 Å². The van der Waals surface area contributed by atoms with E-state index in [2.05, 4.69) is 21.3 Å². The van der Waals surface area contributed by atoms with Crippen molar-refractivity contribution in [2.45, 2.75) is 27.7 Å². The summed E-state index contributed by atoms with van der Waals surface area (Å²) in [5.74, 6) is 0. The first kappa shape index (κ1) is 30.5. The molecular formula is C12H32N4Ti. The van der Waals surface area contributed by atoms with Crippen LogP contribution in [0.5, 0.6) is 0 Å². The summed E-state index contributed by atoms with van der Waals surface area (Å²) in [6, 6.07) is 0. The van der Waals surface area contributed by atoms with Gasteiger partial charge in [0.05, 0.1) is 0 Å². The van der Waals surface area contributed by atoms with Gasteiger partial charge in [0.15, 0.2) is 0 Å². The molecule has 0 fully saturated rings. The molecule has 104 valence electrons. The Balaban J connectivity index is -0.0000000369. The van der Waals surface area contributed by atoms with Crippen LogP contribution in [-0.2, 0) is 21.7 Å². The minimum Gasteiger partial charge on any atom is -0.665 e. The molecule has 0 spiro atoms. The number of rotatable bonds is 4. The third-order valence-electron chi connectivity index (χ3n) is 1.26. The first-order valence-corrected chi connectivity index (χ1v) is 5.88. The molecular weight excluding hydrogens is 248 g/mol. The van der Waals surface area contributed by atoms with E-state index < -0.39 is 0 Å². The maximum absolute atomic E-state index is 3.74. The van der Waals surface area contributed by atoms with E-state index in [9.17, 15) is 0 Å². The summed E-state index contributed by atoms with van der Waals surface area (Å²) in [6.07, 6.45) is 0. The van der Waals surface area contributed by atoms with Gasteiger partial charge in [-0.15, -0.1) is 0 Å². The van der Waals surface area contributed by atoms with E-state index in [0.29, 0.717) is 0 Å². The predicted molar refractivity (Wildman–Crippen MR) is 79.3 cm³/mol. The van der Waals surface area contributed by atoms with E-state index >= 15 is 0 Å². The van der Waals surface area contributed by atoms with Crippen LogP contribution in [0, 0.1) is 0 Å². The van der Waals surface area contributed by atoms with Crippen molar-refractivity contribution in [1.82, 2.24) is 0 Å². The van der Waals surface area contributed by atoms with Crippen molar-refractivity contribution in [3.8, 4) is 0 Å². The van der Waals surface area contributed by atoms with Crippen LogP contribution in [0.4, 0.5) is 0 Å². The first-order chi connectivity index (χ1) is 7.66. The molecule has 0 rings (SSSR count). The summed E-state index contributed by atoms with van der Waals surface area (Å²) in [7, 11) is 7.22. The summed E-state index contributed by atoms with van der Waals surface area (Å²) >= 11 is 0. The number of nitrogens with zero attached hydrogens (tertiary/aromatic N) is 4. The quantitative estimate of drug-likeness (QED) is 0.698. The van der Waals surface area contributed by atoms with Crippen molar-refractivity contribution in [2.75, 3.05) is 54.4 Å². The van der Waals surface area contributed by atoms with Gasteiger partial charge in [-0.3, -0.25) is 0 Å². The monoisotopic (exact) mass is 280 g/mol. The van der Waals surface area contributed by atoms with Crippen molar-refractivity contribution in [3.63, 3.8) is 0 Å². The molecule has 0 N–H and O–H groups in total. The summed E-state index contributed by atoms with van der Waals surface area (Å²) in [4.78, 5) is 0. The molecule has 4 nitrogen and oxygen atoms in total. The first-order valence-electron chi connectivity index (χ1n) is 5.88. The van der Waals surface area contributed by atoms with Crippen LogP contribution in [0.3, 0.4) is 0 Å². The van der Waals surface area contributed by atoms with Gasteiger partial charge in [0.2, 0.25) is 0 Å². The van der Waals surface area contributed by atoms with Gasteiger partial charge in [0.25, 0.3) is 0 Å². The Morgan fingerprint density at radius 2 is 0.529 bits per heavy atom. The van der Waals surface area contributed by atoms with Crippen molar-refractivity contribution >= 4 is 0 Å². The molecule has 5 heteroatoms. The normalized spacial score (nSPS) is 7.06. The zero-order chi connectivity index (χ0) is 13.7. The molecule has 0 saturated carbocycles. The van der Waals surface area contributed by atoms with Crippen LogP contribution in [-0.4, -0.2) is 54.4 Å². The third kappa shape index (κ3) is 169. The molecule has 17 heavy (non-hydrogen) atoms. The Morgan fingerprint density at radius 3 is 0.529 bits per heavy atom. The maximum atomic E-state index is 3.74. The Morgan fingerprint density at radius 1 is 0.471 bits per heavy atom. The average Bonchev–Trinajstić information content (AvgIpc) is 2.39. The van der Waals surface area contributed by atoms with Gasteiger partial charge in [0, 0.05) is 0 Å². The van der Waals surface area contributed by atoms with Gasteiger partial charge in [-0.25, -0.2) is 0 Å². The van der Waals surface area contributed by atoms with E-state index in [-0.39, 0.29) is 21.7 Å². The van der Waals surface area contributed by atoms with Crippen molar-refractivity contribution in [1.29, 1.82) is 0 Å². The molecule has 0 amide bonds. The van der Waals surface area contributed by atoms with Crippen LogP contribution in [0.15, 0.2) is 0 Å². The molecule has 0 atom stereocenters. The van der Waals surface area contributed by atoms with Crippen molar-refractivity contribution < 1.29 is 21.7 Å². The summed E-state index contributed by atoms with van der Waals surface area (Å²) in [6.45, 7) is 11.8. The number of hydrogen-bond acceptors (Lipinski definition) is 0. The molecule has 0 aliphatic rings. The van der Waals surface area contributed by atoms with Crippen LogP contribution < -0.4 is 0 Å². The fourth-order valence-corrected chi connectivity index (χ4v) is 0. The summed E-state index contributed by atoms with van der Waals surface area (Å²) in [5, 5.41) is 14.9. The minimum atomic E-state index is 0. The van der Waals surface area contributed by atoms with E-state index in [0.717, 1.165) is 26.2 Å². The summed E-state index contributed by atoms with van der Waals surface area (Å²) < 4.78 is 0. The Kier molecular flexibility index (Phi) is 98.3. The molecule has 0 radical (unpaired) electrons. The fourth-order valence-electron chi connectivity index (χ4n) is 0. The van der Waals surface area contributed by atoms with Gasteiger partial charge < -0.3 is 21.3 Å². The molecule has 0 heterocycles. The fraction of sp³-hybridized carbons (Fsp3) is 1.00. The Hall–Kier alpha value is 0.554. The molecule has 0 saturated heterocycles. The molecule has 0 aliphatic heterocycles. The Bertz CT molecular complexity index is 42.5. The van der Waals surface area contributed by atoms with Gasteiger partial charge in [-0.05, 0) is 0 Å². The van der Waals surface area contributed by atoms with E-state index in [1.165, 1.54) is 0 Å². The second-order valence-corrected chi connectivity index (χ2v) is 2.53. The molecule has 0 aromatic heterocycles. The van der Waals surface area contributed by atoms with Crippen molar-refractivity contribution in [2.24, 2.45) is 0 Å². The van der Waals surface area contributed by atoms with E-state index in [1.807, 2.05) is 27.7 Å². The zero-order valence-corrected chi connectivity index (χ0v) is 14.7.